The Bertz CT molecular complexity index is 935. The predicted molar refractivity (Wildman–Crippen MR) is 130 cm³/mol. The molecule has 0 spiro atoms. The van der Waals surface area contributed by atoms with Crippen molar-refractivity contribution in [3.05, 3.63) is 69.7 Å². The molecule has 6 heteroatoms. The minimum Gasteiger partial charge on any atom is -0.349 e. The highest BCUT2D eigenvalue weighted by Crippen LogP contribution is 2.37. The van der Waals surface area contributed by atoms with E-state index in [4.69, 9.17) is 11.6 Å². The van der Waals surface area contributed by atoms with Gasteiger partial charge in [-0.2, -0.15) is 0 Å². The Hall–Kier alpha value is -2.37. The van der Waals surface area contributed by atoms with Crippen molar-refractivity contribution in [1.82, 2.24) is 15.1 Å². The van der Waals surface area contributed by atoms with E-state index in [0.29, 0.717) is 22.9 Å². The summed E-state index contributed by atoms with van der Waals surface area (Å²) in [6.45, 7) is 0.786. The zero-order valence-corrected chi connectivity index (χ0v) is 20.3. The first kappa shape index (κ1) is 24.3. The molecule has 1 N–H and O–H groups in total. The first-order valence-corrected chi connectivity index (χ1v) is 11.7. The molecule has 1 aliphatic rings. The molecule has 0 atom stereocenters. The third-order valence-corrected chi connectivity index (χ3v) is 6.78. The van der Waals surface area contributed by atoms with Crippen molar-refractivity contribution in [2.45, 2.75) is 50.6 Å². The van der Waals surface area contributed by atoms with E-state index in [1.807, 2.05) is 19.0 Å². The molecule has 0 saturated heterocycles. The van der Waals surface area contributed by atoms with Gasteiger partial charge in [0, 0.05) is 44.3 Å². The number of rotatable bonds is 7. The van der Waals surface area contributed by atoms with Crippen molar-refractivity contribution in [1.29, 1.82) is 0 Å². The Kier molecular flexibility index (Phi) is 8.32. The van der Waals surface area contributed by atoms with Gasteiger partial charge in [-0.15, -0.1) is 0 Å². The Labute approximate surface area is 196 Å². The zero-order chi connectivity index (χ0) is 23.3. The first-order valence-electron chi connectivity index (χ1n) is 11.3. The molecule has 3 rings (SSSR count). The zero-order valence-electron chi connectivity index (χ0n) is 19.5. The van der Waals surface area contributed by atoms with E-state index in [2.05, 4.69) is 23.5 Å². The molecule has 0 aromatic heterocycles. The molecule has 0 unspecified atom stereocenters. The van der Waals surface area contributed by atoms with E-state index in [1.54, 1.807) is 43.3 Å². The van der Waals surface area contributed by atoms with Crippen LogP contribution in [0, 0.1) is 0 Å². The quantitative estimate of drug-likeness (QED) is 0.669. The summed E-state index contributed by atoms with van der Waals surface area (Å²) in [4.78, 5) is 28.5. The van der Waals surface area contributed by atoms with Crippen molar-refractivity contribution in [3.63, 3.8) is 0 Å². The van der Waals surface area contributed by atoms with Crippen molar-refractivity contribution >= 4 is 23.4 Å². The standard InChI is InChI=1S/C26H34ClN3O2/c1-28-17-21-15-18(16-25(31)29(2)3)5-14-24(21)19-8-12-23(13-9-19)30(4)26(32)20-6-10-22(27)11-7-20/h5-7,10-11,14-15,19,23,28H,8-9,12-13,16-17H2,1-4H3/t19-,23-. The summed E-state index contributed by atoms with van der Waals surface area (Å²) < 4.78 is 0. The highest BCUT2D eigenvalue weighted by molar-refractivity contribution is 6.30. The Balaban J connectivity index is 1.66. The normalized spacial score (nSPS) is 18.3. The van der Waals surface area contributed by atoms with Crippen molar-refractivity contribution in [2.75, 3.05) is 28.2 Å². The van der Waals surface area contributed by atoms with Crippen LogP contribution in [0.5, 0.6) is 0 Å². The van der Waals surface area contributed by atoms with E-state index in [0.717, 1.165) is 37.8 Å². The molecule has 32 heavy (non-hydrogen) atoms. The van der Waals surface area contributed by atoms with Crippen LogP contribution in [0.3, 0.4) is 0 Å². The largest absolute Gasteiger partial charge is 0.349 e. The van der Waals surface area contributed by atoms with E-state index in [9.17, 15) is 9.59 Å². The van der Waals surface area contributed by atoms with Crippen LogP contribution >= 0.6 is 11.6 Å². The van der Waals surface area contributed by atoms with E-state index < -0.39 is 0 Å². The minimum atomic E-state index is 0.0518. The van der Waals surface area contributed by atoms with Gasteiger partial charge in [0.15, 0.2) is 0 Å². The van der Waals surface area contributed by atoms with Gasteiger partial charge >= 0.3 is 0 Å². The monoisotopic (exact) mass is 455 g/mol. The van der Waals surface area contributed by atoms with Gasteiger partial charge in [-0.1, -0.05) is 29.8 Å². The summed E-state index contributed by atoms with van der Waals surface area (Å²) in [5.41, 5.74) is 4.37. The summed E-state index contributed by atoms with van der Waals surface area (Å²) in [7, 11) is 7.44. The van der Waals surface area contributed by atoms with Crippen molar-refractivity contribution in [2.24, 2.45) is 0 Å². The van der Waals surface area contributed by atoms with Gasteiger partial charge in [0.25, 0.3) is 5.91 Å². The second-order valence-corrected chi connectivity index (χ2v) is 9.39. The Morgan fingerprint density at radius 3 is 2.25 bits per heavy atom. The minimum absolute atomic E-state index is 0.0518. The number of amides is 2. The Morgan fingerprint density at radius 2 is 1.66 bits per heavy atom. The number of likely N-dealkylation sites (N-methyl/N-ethyl adjacent to an activating group) is 1. The van der Waals surface area contributed by atoms with Gasteiger partial charge in [0.1, 0.15) is 0 Å². The molecule has 0 aliphatic heterocycles. The molecular formula is C26H34ClN3O2. The highest BCUT2D eigenvalue weighted by atomic mass is 35.5. The molecule has 172 valence electrons. The molecule has 0 heterocycles. The molecular weight excluding hydrogens is 422 g/mol. The summed E-state index contributed by atoms with van der Waals surface area (Å²) >= 11 is 5.95. The number of hydrogen-bond donors (Lipinski definition) is 1. The maximum absolute atomic E-state index is 12.9. The SMILES string of the molecule is CNCc1cc(CC(=O)N(C)C)ccc1[C@H]1CC[C@H](N(C)C(=O)c2ccc(Cl)cc2)CC1. The molecule has 2 amide bonds. The van der Waals surface area contributed by atoms with Gasteiger partial charge < -0.3 is 15.1 Å². The number of carbonyl (C=O) groups is 2. The molecule has 0 radical (unpaired) electrons. The molecule has 2 aromatic rings. The van der Waals surface area contributed by atoms with Crippen LogP contribution in [-0.4, -0.2) is 55.8 Å². The third-order valence-electron chi connectivity index (χ3n) is 6.52. The van der Waals surface area contributed by atoms with Crippen LogP contribution in [0.2, 0.25) is 5.02 Å². The van der Waals surface area contributed by atoms with Gasteiger partial charge in [0.2, 0.25) is 5.91 Å². The maximum Gasteiger partial charge on any atom is 0.253 e. The van der Waals surface area contributed by atoms with Crippen LogP contribution in [0.4, 0.5) is 0 Å². The summed E-state index contributed by atoms with van der Waals surface area (Å²) in [6, 6.07) is 13.8. The van der Waals surface area contributed by atoms with E-state index in [1.165, 1.54) is 11.1 Å². The van der Waals surface area contributed by atoms with Gasteiger partial charge in [-0.3, -0.25) is 9.59 Å². The number of nitrogens with one attached hydrogen (secondary N) is 1. The lowest BCUT2D eigenvalue weighted by molar-refractivity contribution is -0.127. The number of benzene rings is 2. The lowest BCUT2D eigenvalue weighted by Gasteiger charge is -2.35. The number of hydrogen-bond acceptors (Lipinski definition) is 3. The summed E-state index contributed by atoms with van der Waals surface area (Å²) in [5, 5.41) is 3.91. The molecule has 1 saturated carbocycles. The smallest absolute Gasteiger partial charge is 0.253 e. The number of nitrogens with zero attached hydrogens (tertiary/aromatic N) is 2. The first-order chi connectivity index (χ1) is 15.3. The fourth-order valence-electron chi connectivity index (χ4n) is 4.58. The second kappa shape index (κ2) is 11.0. The molecule has 1 fully saturated rings. The maximum atomic E-state index is 12.9. The topological polar surface area (TPSA) is 52.7 Å². The van der Waals surface area contributed by atoms with Crippen molar-refractivity contribution < 1.29 is 9.59 Å². The van der Waals surface area contributed by atoms with Crippen LogP contribution in [-0.2, 0) is 17.8 Å². The van der Waals surface area contributed by atoms with Crippen LogP contribution in [0.15, 0.2) is 42.5 Å². The van der Waals surface area contributed by atoms with Gasteiger partial charge in [-0.25, -0.2) is 0 Å². The van der Waals surface area contributed by atoms with Crippen LogP contribution in [0.25, 0.3) is 0 Å². The third kappa shape index (κ3) is 5.90. The van der Waals surface area contributed by atoms with Gasteiger partial charge in [0.05, 0.1) is 6.42 Å². The fourth-order valence-corrected chi connectivity index (χ4v) is 4.71. The Morgan fingerprint density at radius 1 is 1.00 bits per heavy atom. The average Bonchev–Trinajstić information content (AvgIpc) is 2.79. The van der Waals surface area contributed by atoms with Crippen molar-refractivity contribution in [3.8, 4) is 0 Å². The molecule has 5 nitrogen and oxygen atoms in total. The fraction of sp³-hybridized carbons (Fsp3) is 0.462. The number of carbonyl (C=O) groups excluding carboxylic acids is 2. The van der Waals surface area contributed by atoms with Crippen LogP contribution < -0.4 is 5.32 Å². The highest BCUT2D eigenvalue weighted by Gasteiger charge is 2.28. The molecule has 1 aliphatic carbocycles. The predicted octanol–water partition coefficient (Wildman–Crippen LogP) is 4.49. The van der Waals surface area contributed by atoms with E-state index >= 15 is 0 Å². The molecule has 2 aromatic carbocycles. The van der Waals surface area contributed by atoms with Crippen LogP contribution in [0.1, 0.15) is 58.6 Å². The molecule has 0 bridgehead atoms. The lowest BCUT2D eigenvalue weighted by atomic mass is 9.79. The summed E-state index contributed by atoms with van der Waals surface area (Å²) in [5.74, 6) is 0.644. The average molecular weight is 456 g/mol. The lowest BCUT2D eigenvalue weighted by Crippen LogP contribution is -2.39. The number of halogens is 1. The summed E-state index contributed by atoms with van der Waals surface area (Å²) in [6.07, 6.45) is 4.50. The van der Waals surface area contributed by atoms with Gasteiger partial charge in [-0.05, 0) is 79.6 Å². The van der Waals surface area contributed by atoms with E-state index in [-0.39, 0.29) is 17.9 Å². The second-order valence-electron chi connectivity index (χ2n) is 8.96.